The van der Waals surface area contributed by atoms with Crippen molar-refractivity contribution in [1.29, 1.82) is 0 Å². The molecular formula is C17H16ClN3O. The molecule has 0 fully saturated rings. The second-order valence-electron chi connectivity index (χ2n) is 5.33. The first-order chi connectivity index (χ1) is 10.5. The van der Waals surface area contributed by atoms with Crippen LogP contribution in [0, 0.1) is 6.92 Å². The largest absolute Gasteiger partial charge is 0.327 e. The molecule has 0 aliphatic carbocycles. The third-order valence-electron chi connectivity index (χ3n) is 3.60. The molecule has 4 nitrogen and oxygen atoms in total. The van der Waals surface area contributed by atoms with Crippen LogP contribution in [-0.4, -0.2) is 14.1 Å². The van der Waals surface area contributed by atoms with Crippen LogP contribution in [0.4, 0.5) is 0 Å². The lowest BCUT2D eigenvalue weighted by Gasteiger charge is -2.10. The van der Waals surface area contributed by atoms with E-state index in [4.69, 9.17) is 11.6 Å². The molecule has 5 heteroatoms. The molecule has 112 valence electrons. The number of nitrogens with zero attached hydrogens (tertiary/aromatic N) is 3. The fraction of sp³-hybridized carbons (Fsp3) is 0.176. The Bertz CT molecular complexity index is 836. The molecule has 2 aromatic heterocycles. The minimum atomic E-state index is 0.0135. The molecular weight excluding hydrogens is 298 g/mol. The first-order valence-electron chi connectivity index (χ1n) is 6.98. The van der Waals surface area contributed by atoms with Crippen LogP contribution in [0.1, 0.15) is 11.1 Å². The van der Waals surface area contributed by atoms with Crippen molar-refractivity contribution in [3.63, 3.8) is 0 Å². The monoisotopic (exact) mass is 313 g/mol. The molecule has 3 aromatic rings. The van der Waals surface area contributed by atoms with E-state index in [0.717, 1.165) is 22.0 Å². The predicted molar refractivity (Wildman–Crippen MR) is 88.2 cm³/mol. The van der Waals surface area contributed by atoms with Crippen molar-refractivity contribution >= 4 is 11.6 Å². The zero-order valence-electron chi connectivity index (χ0n) is 12.5. The Labute approximate surface area is 133 Å². The van der Waals surface area contributed by atoms with Crippen molar-refractivity contribution in [2.75, 3.05) is 0 Å². The average molecular weight is 314 g/mol. The molecule has 3 rings (SSSR count). The third kappa shape index (κ3) is 2.83. The number of aryl methyl sites for hydroxylation is 2. The van der Waals surface area contributed by atoms with Crippen LogP contribution in [0.2, 0.25) is 5.02 Å². The van der Waals surface area contributed by atoms with Gasteiger partial charge in [0.1, 0.15) is 5.82 Å². The van der Waals surface area contributed by atoms with Crippen LogP contribution in [0.25, 0.3) is 11.4 Å². The summed E-state index contributed by atoms with van der Waals surface area (Å²) in [4.78, 5) is 16.3. The van der Waals surface area contributed by atoms with Crippen molar-refractivity contribution in [2.24, 2.45) is 7.05 Å². The number of halogens is 1. The summed E-state index contributed by atoms with van der Waals surface area (Å²) in [5.74, 6) is 0.841. The normalized spacial score (nSPS) is 10.9. The summed E-state index contributed by atoms with van der Waals surface area (Å²) < 4.78 is 3.65. The molecule has 2 heterocycles. The molecule has 0 radical (unpaired) electrons. The molecule has 0 atom stereocenters. The highest BCUT2D eigenvalue weighted by atomic mass is 35.5. The van der Waals surface area contributed by atoms with Gasteiger partial charge in [0.15, 0.2) is 0 Å². The van der Waals surface area contributed by atoms with Crippen molar-refractivity contribution < 1.29 is 0 Å². The van der Waals surface area contributed by atoms with Crippen molar-refractivity contribution in [3.8, 4) is 11.4 Å². The molecule has 0 N–H and O–H groups in total. The number of aromatic nitrogens is 3. The Balaban J connectivity index is 1.98. The highest BCUT2D eigenvalue weighted by Crippen LogP contribution is 2.19. The van der Waals surface area contributed by atoms with E-state index in [-0.39, 0.29) is 5.56 Å². The number of imidazole rings is 1. The van der Waals surface area contributed by atoms with Crippen LogP contribution in [0.3, 0.4) is 0 Å². The topological polar surface area (TPSA) is 39.8 Å². The molecule has 0 amide bonds. The third-order valence-corrected chi connectivity index (χ3v) is 3.85. The van der Waals surface area contributed by atoms with Crippen LogP contribution in [0.5, 0.6) is 0 Å². The minimum absolute atomic E-state index is 0.0135. The second-order valence-corrected chi connectivity index (χ2v) is 5.77. The SMILES string of the molecule is Cc1cc(-c2nccn2Cc2ccc(Cl)cc2)cn(C)c1=O. The molecule has 0 spiro atoms. The fourth-order valence-electron chi connectivity index (χ4n) is 2.48. The van der Waals surface area contributed by atoms with Gasteiger partial charge in [0, 0.05) is 48.3 Å². The summed E-state index contributed by atoms with van der Waals surface area (Å²) in [6, 6.07) is 9.63. The quantitative estimate of drug-likeness (QED) is 0.744. The lowest BCUT2D eigenvalue weighted by atomic mass is 10.2. The van der Waals surface area contributed by atoms with Crippen LogP contribution >= 0.6 is 11.6 Å². The standard InChI is InChI=1S/C17H16ClN3O/c1-12-9-14(11-20(2)17(12)22)16-19-7-8-21(16)10-13-3-5-15(18)6-4-13/h3-9,11H,10H2,1-2H3. The van der Waals surface area contributed by atoms with Crippen LogP contribution < -0.4 is 5.56 Å². The Morgan fingerprint density at radius 1 is 1.23 bits per heavy atom. The Kier molecular flexibility index (Phi) is 3.86. The zero-order valence-corrected chi connectivity index (χ0v) is 13.2. The van der Waals surface area contributed by atoms with E-state index in [0.29, 0.717) is 12.1 Å². The van der Waals surface area contributed by atoms with Gasteiger partial charge in [0.2, 0.25) is 0 Å². The summed E-state index contributed by atoms with van der Waals surface area (Å²) in [6.45, 7) is 2.52. The first-order valence-corrected chi connectivity index (χ1v) is 7.35. The maximum atomic E-state index is 11.8. The maximum absolute atomic E-state index is 11.8. The minimum Gasteiger partial charge on any atom is -0.327 e. The summed E-state index contributed by atoms with van der Waals surface area (Å²) >= 11 is 5.92. The Hall–Kier alpha value is -2.33. The summed E-state index contributed by atoms with van der Waals surface area (Å²) in [7, 11) is 1.76. The van der Waals surface area contributed by atoms with E-state index >= 15 is 0 Å². The molecule has 0 bridgehead atoms. The van der Waals surface area contributed by atoms with Crippen molar-refractivity contribution in [3.05, 3.63) is 75.4 Å². The summed E-state index contributed by atoms with van der Waals surface area (Å²) in [5, 5.41) is 0.725. The molecule has 0 saturated carbocycles. The molecule has 22 heavy (non-hydrogen) atoms. The van der Waals surface area contributed by atoms with E-state index in [1.165, 1.54) is 0 Å². The Morgan fingerprint density at radius 3 is 2.64 bits per heavy atom. The van der Waals surface area contributed by atoms with E-state index < -0.39 is 0 Å². The van der Waals surface area contributed by atoms with Crippen LogP contribution in [-0.2, 0) is 13.6 Å². The van der Waals surface area contributed by atoms with Crippen LogP contribution in [0.15, 0.2) is 53.7 Å². The molecule has 0 aliphatic heterocycles. The highest BCUT2D eigenvalue weighted by molar-refractivity contribution is 6.30. The number of hydrogen-bond acceptors (Lipinski definition) is 2. The van der Waals surface area contributed by atoms with Gasteiger partial charge in [-0.05, 0) is 30.7 Å². The van der Waals surface area contributed by atoms with E-state index in [1.54, 1.807) is 17.8 Å². The maximum Gasteiger partial charge on any atom is 0.253 e. The second kappa shape index (κ2) is 5.81. The predicted octanol–water partition coefficient (Wildman–Crippen LogP) is 3.26. The van der Waals surface area contributed by atoms with Gasteiger partial charge < -0.3 is 9.13 Å². The first kappa shape index (κ1) is 14.6. The number of pyridine rings is 1. The zero-order chi connectivity index (χ0) is 15.7. The molecule has 0 unspecified atom stereocenters. The Morgan fingerprint density at radius 2 is 1.95 bits per heavy atom. The van der Waals surface area contributed by atoms with Gasteiger partial charge in [-0.3, -0.25) is 4.79 Å². The average Bonchev–Trinajstić information content (AvgIpc) is 2.95. The number of benzene rings is 1. The van der Waals surface area contributed by atoms with Gasteiger partial charge in [0.05, 0.1) is 0 Å². The van der Waals surface area contributed by atoms with E-state index in [2.05, 4.69) is 9.55 Å². The van der Waals surface area contributed by atoms with Crippen molar-refractivity contribution in [1.82, 2.24) is 14.1 Å². The van der Waals surface area contributed by atoms with Gasteiger partial charge in [-0.15, -0.1) is 0 Å². The lowest BCUT2D eigenvalue weighted by Crippen LogP contribution is -2.18. The van der Waals surface area contributed by atoms with Gasteiger partial charge in [0.25, 0.3) is 5.56 Å². The molecule has 0 aliphatic rings. The van der Waals surface area contributed by atoms with Gasteiger partial charge in [-0.25, -0.2) is 4.98 Å². The van der Waals surface area contributed by atoms with Gasteiger partial charge in [-0.1, -0.05) is 23.7 Å². The number of hydrogen-bond donors (Lipinski definition) is 0. The molecule has 1 aromatic carbocycles. The van der Waals surface area contributed by atoms with Gasteiger partial charge in [-0.2, -0.15) is 0 Å². The highest BCUT2D eigenvalue weighted by Gasteiger charge is 2.09. The van der Waals surface area contributed by atoms with E-state index in [9.17, 15) is 4.79 Å². The summed E-state index contributed by atoms with van der Waals surface area (Å²) in [5.41, 5.74) is 2.80. The molecule has 0 saturated heterocycles. The number of rotatable bonds is 3. The fourth-order valence-corrected chi connectivity index (χ4v) is 2.61. The smallest absolute Gasteiger partial charge is 0.253 e. The van der Waals surface area contributed by atoms with E-state index in [1.807, 2.05) is 49.6 Å². The summed E-state index contributed by atoms with van der Waals surface area (Å²) in [6.07, 6.45) is 5.52. The lowest BCUT2D eigenvalue weighted by molar-refractivity contribution is 0.798. The van der Waals surface area contributed by atoms with Gasteiger partial charge >= 0.3 is 0 Å². The van der Waals surface area contributed by atoms with Crippen molar-refractivity contribution in [2.45, 2.75) is 13.5 Å².